The first-order chi connectivity index (χ1) is 15.9. The fourth-order valence-corrected chi connectivity index (χ4v) is 6.34. The van der Waals surface area contributed by atoms with Crippen molar-refractivity contribution >= 4 is 44.4 Å². The molecule has 0 spiro atoms. The number of nitrogens with zero attached hydrogens (tertiary/aromatic N) is 4. The van der Waals surface area contributed by atoms with Crippen molar-refractivity contribution in [3.63, 3.8) is 0 Å². The Bertz CT molecular complexity index is 1320. The molecule has 172 valence electrons. The quantitative estimate of drug-likeness (QED) is 0.512. The van der Waals surface area contributed by atoms with Crippen LogP contribution in [0.25, 0.3) is 11.0 Å². The van der Waals surface area contributed by atoms with Gasteiger partial charge < -0.3 is 9.88 Å². The van der Waals surface area contributed by atoms with Crippen molar-refractivity contribution in [2.75, 3.05) is 24.2 Å². The summed E-state index contributed by atoms with van der Waals surface area (Å²) < 4.78 is 29.6. The van der Waals surface area contributed by atoms with E-state index in [-0.39, 0.29) is 16.6 Å². The fourth-order valence-electron chi connectivity index (χ4n) is 3.92. The van der Waals surface area contributed by atoms with Crippen molar-refractivity contribution in [3.05, 3.63) is 48.0 Å². The molecule has 1 amide bonds. The minimum atomic E-state index is -3.54. The molecule has 0 radical (unpaired) electrons. The molecule has 1 fully saturated rings. The Balaban J connectivity index is 1.53. The normalized spacial score (nSPS) is 14.8. The lowest BCUT2D eigenvalue weighted by atomic mass is 10.2. The molecule has 1 saturated heterocycles. The van der Waals surface area contributed by atoms with E-state index in [1.165, 1.54) is 11.8 Å². The first-order valence-corrected chi connectivity index (χ1v) is 13.3. The van der Waals surface area contributed by atoms with Crippen molar-refractivity contribution in [1.82, 2.24) is 13.9 Å². The molecule has 2 heterocycles. The number of amides is 1. The van der Waals surface area contributed by atoms with E-state index in [2.05, 4.69) is 16.4 Å². The van der Waals surface area contributed by atoms with Gasteiger partial charge in [0.15, 0.2) is 5.16 Å². The van der Waals surface area contributed by atoms with Gasteiger partial charge in [0, 0.05) is 19.6 Å². The average molecular weight is 484 g/mol. The molecule has 33 heavy (non-hydrogen) atoms. The van der Waals surface area contributed by atoms with Crippen LogP contribution in [0.15, 0.2) is 52.5 Å². The molecule has 2 aromatic carbocycles. The van der Waals surface area contributed by atoms with E-state index in [9.17, 15) is 18.5 Å². The minimum Gasteiger partial charge on any atom is -0.324 e. The topological polar surface area (TPSA) is 108 Å². The van der Waals surface area contributed by atoms with Crippen molar-refractivity contribution < 1.29 is 13.2 Å². The third kappa shape index (κ3) is 4.90. The van der Waals surface area contributed by atoms with Crippen LogP contribution in [0.1, 0.15) is 31.7 Å². The summed E-state index contributed by atoms with van der Waals surface area (Å²) in [6, 6.07) is 13.9. The van der Waals surface area contributed by atoms with Crippen LogP contribution < -0.4 is 5.32 Å². The number of carbonyl (C=O) groups is 1. The summed E-state index contributed by atoms with van der Waals surface area (Å²) >= 11 is 1.28. The van der Waals surface area contributed by atoms with Gasteiger partial charge in [-0.2, -0.15) is 9.57 Å². The van der Waals surface area contributed by atoms with Crippen LogP contribution in [-0.2, 0) is 21.4 Å². The Morgan fingerprint density at radius 2 is 1.94 bits per heavy atom. The summed E-state index contributed by atoms with van der Waals surface area (Å²) in [6.07, 6.45) is 2.82. The van der Waals surface area contributed by atoms with E-state index in [0.717, 1.165) is 24.8 Å². The van der Waals surface area contributed by atoms with E-state index in [1.54, 1.807) is 46.8 Å². The lowest BCUT2D eigenvalue weighted by Gasteiger charge is -2.25. The number of thioether (sulfide) groups is 1. The third-order valence-corrected chi connectivity index (χ3v) is 8.48. The Hall–Kier alpha value is -2.87. The van der Waals surface area contributed by atoms with E-state index >= 15 is 0 Å². The molecule has 4 rings (SSSR count). The van der Waals surface area contributed by atoms with Gasteiger partial charge in [0.25, 0.3) is 0 Å². The molecule has 0 saturated carbocycles. The van der Waals surface area contributed by atoms with E-state index in [4.69, 9.17) is 0 Å². The maximum Gasteiger partial charge on any atom is 0.243 e. The highest BCUT2D eigenvalue weighted by Gasteiger charge is 2.26. The second kappa shape index (κ2) is 9.95. The van der Waals surface area contributed by atoms with Crippen molar-refractivity contribution in [3.8, 4) is 6.07 Å². The van der Waals surface area contributed by atoms with Crippen molar-refractivity contribution in [2.24, 2.45) is 0 Å². The molecule has 1 N–H and O–H groups in total. The number of aryl methyl sites for hydroxylation is 1. The lowest BCUT2D eigenvalue weighted by molar-refractivity contribution is -0.113. The molecule has 0 atom stereocenters. The van der Waals surface area contributed by atoms with Gasteiger partial charge in [-0.1, -0.05) is 30.3 Å². The lowest BCUT2D eigenvalue weighted by Crippen LogP contribution is -2.35. The van der Waals surface area contributed by atoms with Crippen LogP contribution in [0.4, 0.5) is 5.69 Å². The highest BCUT2D eigenvalue weighted by atomic mass is 32.2. The fraction of sp³-hybridized carbons (Fsp3) is 0.348. The standard InChI is InChI=1S/C23H25N5O3S2/c1-2-28-21-11-10-18(33(30,31)27-12-6-3-7-13-27)14-20(21)26-23(28)32-16-22(29)25-19-9-5-4-8-17(19)15-24/h4-5,8-11,14H,2-3,6-7,12-13,16H2,1H3,(H,25,29). The average Bonchev–Trinajstić information content (AvgIpc) is 3.20. The van der Waals surface area contributed by atoms with Crippen LogP contribution in [0, 0.1) is 11.3 Å². The number of piperidine rings is 1. The summed E-state index contributed by atoms with van der Waals surface area (Å²) in [5, 5.41) is 12.6. The number of anilines is 1. The third-order valence-electron chi connectivity index (χ3n) is 5.61. The molecule has 0 unspecified atom stereocenters. The van der Waals surface area contributed by atoms with Crippen LogP contribution in [0.3, 0.4) is 0 Å². The largest absolute Gasteiger partial charge is 0.324 e. The highest BCUT2D eigenvalue weighted by molar-refractivity contribution is 7.99. The van der Waals surface area contributed by atoms with Gasteiger partial charge in [-0.15, -0.1) is 0 Å². The summed E-state index contributed by atoms with van der Waals surface area (Å²) in [5.74, 6) is -0.132. The summed E-state index contributed by atoms with van der Waals surface area (Å²) in [7, 11) is -3.54. The zero-order chi connectivity index (χ0) is 23.4. The number of carbonyl (C=O) groups excluding carboxylic acids is 1. The number of rotatable bonds is 7. The molecular formula is C23H25N5O3S2. The number of nitrogens with one attached hydrogen (secondary N) is 1. The van der Waals surface area contributed by atoms with Crippen LogP contribution >= 0.6 is 11.8 Å². The minimum absolute atomic E-state index is 0.113. The number of hydrogen-bond donors (Lipinski definition) is 1. The monoisotopic (exact) mass is 483 g/mol. The van der Waals surface area contributed by atoms with Crippen LogP contribution in [0.5, 0.6) is 0 Å². The summed E-state index contributed by atoms with van der Waals surface area (Å²) in [4.78, 5) is 17.3. The number of imidazole rings is 1. The molecule has 3 aromatic rings. The second-order valence-electron chi connectivity index (χ2n) is 7.75. The molecule has 0 bridgehead atoms. The second-order valence-corrected chi connectivity index (χ2v) is 10.6. The van der Waals surface area contributed by atoms with Crippen molar-refractivity contribution in [2.45, 2.75) is 42.8 Å². The Morgan fingerprint density at radius 3 is 2.67 bits per heavy atom. The predicted octanol–water partition coefficient (Wildman–Crippen LogP) is 3.83. The number of para-hydroxylation sites is 1. The number of benzene rings is 2. The van der Waals surface area contributed by atoms with E-state index in [1.807, 2.05) is 11.5 Å². The van der Waals surface area contributed by atoms with E-state index < -0.39 is 10.0 Å². The number of sulfonamides is 1. The van der Waals surface area contributed by atoms with Gasteiger partial charge in [0.05, 0.1) is 32.9 Å². The first kappa shape index (κ1) is 23.3. The molecular weight excluding hydrogens is 458 g/mol. The van der Waals surface area contributed by atoms with E-state index in [0.29, 0.717) is 41.6 Å². The molecule has 0 aliphatic carbocycles. The Morgan fingerprint density at radius 1 is 1.18 bits per heavy atom. The molecule has 1 aliphatic rings. The number of nitriles is 1. The van der Waals surface area contributed by atoms with Gasteiger partial charge in [-0.05, 0) is 50.1 Å². The molecule has 10 heteroatoms. The van der Waals surface area contributed by atoms with Gasteiger partial charge >= 0.3 is 0 Å². The van der Waals surface area contributed by atoms with Crippen molar-refractivity contribution in [1.29, 1.82) is 5.26 Å². The highest BCUT2D eigenvalue weighted by Crippen LogP contribution is 2.28. The molecule has 8 nitrogen and oxygen atoms in total. The first-order valence-electron chi connectivity index (χ1n) is 10.9. The SMILES string of the molecule is CCn1c(SCC(=O)Nc2ccccc2C#N)nc2cc(S(=O)(=O)N3CCCCC3)ccc21. The zero-order valence-electron chi connectivity index (χ0n) is 18.3. The van der Waals surface area contributed by atoms with Crippen LogP contribution in [0.2, 0.25) is 0 Å². The van der Waals surface area contributed by atoms with Gasteiger partial charge in [-0.3, -0.25) is 4.79 Å². The van der Waals surface area contributed by atoms with Gasteiger partial charge in [0.1, 0.15) is 6.07 Å². The zero-order valence-corrected chi connectivity index (χ0v) is 20.0. The Labute approximate surface area is 197 Å². The number of aromatic nitrogens is 2. The van der Waals surface area contributed by atoms with Gasteiger partial charge in [0.2, 0.25) is 15.9 Å². The maximum atomic E-state index is 13.0. The Kier molecular flexibility index (Phi) is 7.02. The summed E-state index contributed by atoms with van der Waals surface area (Å²) in [6.45, 7) is 3.71. The maximum absolute atomic E-state index is 13.0. The van der Waals surface area contributed by atoms with Gasteiger partial charge in [-0.25, -0.2) is 13.4 Å². The number of hydrogen-bond acceptors (Lipinski definition) is 6. The number of fused-ring (bicyclic) bond motifs is 1. The molecule has 1 aliphatic heterocycles. The predicted molar refractivity (Wildman–Crippen MR) is 129 cm³/mol. The van der Waals surface area contributed by atoms with Crippen LogP contribution in [-0.4, -0.2) is 47.0 Å². The summed E-state index contributed by atoms with van der Waals surface area (Å²) in [5.41, 5.74) is 2.29. The molecule has 1 aromatic heterocycles. The smallest absolute Gasteiger partial charge is 0.243 e.